The Hall–Kier alpha value is -1.39. The molecule has 2 rings (SSSR count). The molecule has 0 aliphatic heterocycles. The number of hydrogen-bond donors (Lipinski definition) is 3. The molecule has 0 spiro atoms. The Bertz CT molecular complexity index is 448. The quantitative estimate of drug-likeness (QED) is 0.760. The molecule has 0 heterocycles. The zero-order valence-corrected chi connectivity index (χ0v) is 11.8. The highest BCUT2D eigenvalue weighted by atomic mass is 16.3. The number of aliphatic hydroxyl groups excluding tert-OH is 1. The summed E-state index contributed by atoms with van der Waals surface area (Å²) in [6.07, 6.45) is 4.19. The smallest absolute Gasteiger partial charge is 0.224 e. The summed E-state index contributed by atoms with van der Waals surface area (Å²) >= 11 is 0. The second-order valence-electron chi connectivity index (χ2n) is 5.57. The number of carbonyl (C=O) groups is 1. The van der Waals surface area contributed by atoms with Crippen molar-refractivity contribution in [1.29, 1.82) is 0 Å². The monoisotopic (exact) mass is 276 g/mol. The van der Waals surface area contributed by atoms with Gasteiger partial charge in [-0.15, -0.1) is 0 Å². The van der Waals surface area contributed by atoms with Crippen molar-refractivity contribution in [3.63, 3.8) is 0 Å². The van der Waals surface area contributed by atoms with E-state index in [1.807, 2.05) is 24.3 Å². The van der Waals surface area contributed by atoms with Crippen LogP contribution in [0.4, 0.5) is 0 Å². The number of hydrogen-bond acceptors (Lipinski definition) is 3. The van der Waals surface area contributed by atoms with Gasteiger partial charge in [0.05, 0.1) is 12.5 Å². The van der Waals surface area contributed by atoms with Gasteiger partial charge in [-0.2, -0.15) is 0 Å². The number of nitrogens with two attached hydrogens (primary N) is 1. The van der Waals surface area contributed by atoms with Gasteiger partial charge in [-0.25, -0.2) is 0 Å². The van der Waals surface area contributed by atoms with Crippen molar-refractivity contribution in [2.24, 2.45) is 11.7 Å². The Morgan fingerprint density at radius 1 is 1.25 bits per heavy atom. The number of carbonyl (C=O) groups excluding carboxylic acids is 1. The first-order chi connectivity index (χ1) is 9.70. The first-order valence-corrected chi connectivity index (χ1v) is 7.42. The third-order valence-electron chi connectivity index (χ3n) is 4.12. The number of aliphatic hydroxyl groups is 1. The summed E-state index contributed by atoms with van der Waals surface area (Å²) < 4.78 is 0. The molecule has 0 saturated heterocycles. The van der Waals surface area contributed by atoms with Crippen molar-refractivity contribution in [3.05, 3.63) is 35.4 Å². The highest BCUT2D eigenvalue weighted by Crippen LogP contribution is 2.23. The van der Waals surface area contributed by atoms with Crippen LogP contribution in [0.5, 0.6) is 0 Å². The van der Waals surface area contributed by atoms with Gasteiger partial charge < -0.3 is 16.2 Å². The van der Waals surface area contributed by atoms with Gasteiger partial charge in [0.25, 0.3) is 0 Å². The average molecular weight is 276 g/mol. The molecule has 20 heavy (non-hydrogen) atoms. The van der Waals surface area contributed by atoms with Gasteiger partial charge in [0.15, 0.2) is 0 Å². The van der Waals surface area contributed by atoms with Gasteiger partial charge in [0.2, 0.25) is 5.91 Å². The van der Waals surface area contributed by atoms with E-state index in [2.05, 4.69) is 5.32 Å². The fourth-order valence-corrected chi connectivity index (χ4v) is 2.84. The minimum atomic E-state index is -0.264. The highest BCUT2D eigenvalue weighted by molar-refractivity contribution is 5.78. The molecule has 0 aromatic heterocycles. The number of rotatable bonds is 5. The predicted octanol–water partition coefficient (Wildman–Crippen LogP) is 1.36. The van der Waals surface area contributed by atoms with Gasteiger partial charge in [0.1, 0.15) is 0 Å². The second kappa shape index (κ2) is 7.41. The van der Waals surface area contributed by atoms with Crippen LogP contribution in [0.1, 0.15) is 36.8 Å². The molecule has 1 aliphatic carbocycles. The fourth-order valence-electron chi connectivity index (χ4n) is 2.84. The van der Waals surface area contributed by atoms with E-state index in [1.54, 1.807) is 0 Å². The molecule has 4 heteroatoms. The molecule has 110 valence electrons. The van der Waals surface area contributed by atoms with Crippen LogP contribution in [-0.2, 0) is 17.8 Å². The van der Waals surface area contributed by atoms with Crippen molar-refractivity contribution >= 4 is 5.91 Å². The molecular weight excluding hydrogens is 252 g/mol. The lowest BCUT2D eigenvalue weighted by atomic mass is 9.86. The van der Waals surface area contributed by atoms with Crippen molar-refractivity contribution in [2.75, 3.05) is 6.54 Å². The van der Waals surface area contributed by atoms with Crippen LogP contribution in [0.2, 0.25) is 0 Å². The maximum Gasteiger partial charge on any atom is 0.224 e. The van der Waals surface area contributed by atoms with Gasteiger partial charge in [-0.3, -0.25) is 4.79 Å². The molecule has 1 aromatic rings. The van der Waals surface area contributed by atoms with Crippen molar-refractivity contribution in [2.45, 2.75) is 44.8 Å². The molecule has 1 fully saturated rings. The lowest BCUT2D eigenvalue weighted by Gasteiger charge is -2.27. The van der Waals surface area contributed by atoms with Gasteiger partial charge >= 0.3 is 0 Å². The van der Waals surface area contributed by atoms with E-state index >= 15 is 0 Å². The summed E-state index contributed by atoms with van der Waals surface area (Å²) in [6, 6.07) is 7.75. The second-order valence-corrected chi connectivity index (χ2v) is 5.57. The molecule has 1 aromatic carbocycles. The van der Waals surface area contributed by atoms with E-state index in [9.17, 15) is 9.90 Å². The summed E-state index contributed by atoms with van der Waals surface area (Å²) in [4.78, 5) is 12.0. The van der Waals surface area contributed by atoms with E-state index in [0.29, 0.717) is 19.5 Å². The Kier molecular flexibility index (Phi) is 5.56. The van der Waals surface area contributed by atoms with Crippen LogP contribution in [0.25, 0.3) is 0 Å². The maximum atomic E-state index is 12.0. The highest BCUT2D eigenvalue weighted by Gasteiger charge is 2.23. The molecule has 0 radical (unpaired) electrons. The molecule has 2 unspecified atom stereocenters. The first-order valence-electron chi connectivity index (χ1n) is 7.42. The Labute approximate surface area is 120 Å². The summed E-state index contributed by atoms with van der Waals surface area (Å²) in [5.74, 6) is 0.209. The van der Waals surface area contributed by atoms with E-state index in [0.717, 1.165) is 36.8 Å². The predicted molar refractivity (Wildman–Crippen MR) is 79.0 cm³/mol. The average Bonchev–Trinajstić information content (AvgIpc) is 2.47. The van der Waals surface area contributed by atoms with Gasteiger partial charge in [-0.1, -0.05) is 37.1 Å². The maximum absolute atomic E-state index is 12.0. The van der Waals surface area contributed by atoms with E-state index in [-0.39, 0.29) is 17.9 Å². The number of nitrogens with one attached hydrogen (secondary N) is 1. The Balaban J connectivity index is 1.83. The number of benzene rings is 1. The first kappa shape index (κ1) is 15.0. The normalized spacial score (nSPS) is 22.5. The minimum Gasteiger partial charge on any atom is -0.393 e. The zero-order chi connectivity index (χ0) is 14.4. The summed E-state index contributed by atoms with van der Waals surface area (Å²) in [5, 5.41) is 12.8. The van der Waals surface area contributed by atoms with Crippen LogP contribution in [0.3, 0.4) is 0 Å². The third-order valence-corrected chi connectivity index (χ3v) is 4.12. The van der Waals surface area contributed by atoms with Crippen molar-refractivity contribution in [1.82, 2.24) is 5.32 Å². The van der Waals surface area contributed by atoms with Crippen LogP contribution in [-0.4, -0.2) is 23.7 Å². The lowest BCUT2D eigenvalue weighted by Crippen LogP contribution is -2.37. The summed E-state index contributed by atoms with van der Waals surface area (Å²) in [7, 11) is 0. The molecule has 0 bridgehead atoms. The topological polar surface area (TPSA) is 75.4 Å². The zero-order valence-electron chi connectivity index (χ0n) is 11.8. The molecule has 2 atom stereocenters. The van der Waals surface area contributed by atoms with Crippen molar-refractivity contribution in [3.8, 4) is 0 Å². The van der Waals surface area contributed by atoms with Crippen molar-refractivity contribution < 1.29 is 9.90 Å². The van der Waals surface area contributed by atoms with Crippen LogP contribution in [0.15, 0.2) is 24.3 Å². The minimum absolute atomic E-state index is 0.00340. The molecular formula is C16H24N2O2. The standard InChI is InChI=1S/C16H24N2O2/c17-10-13-6-2-1-5-12(13)9-16(20)18-11-14-7-3-4-8-15(14)19/h1-2,5-6,14-15,19H,3-4,7-11,17H2,(H,18,20). The Morgan fingerprint density at radius 3 is 2.65 bits per heavy atom. The molecule has 1 saturated carbocycles. The van der Waals surface area contributed by atoms with Crippen LogP contribution in [0, 0.1) is 5.92 Å². The molecule has 1 aliphatic rings. The Morgan fingerprint density at radius 2 is 1.95 bits per heavy atom. The van der Waals surface area contributed by atoms with E-state index in [4.69, 9.17) is 5.73 Å². The summed E-state index contributed by atoms with van der Waals surface area (Å²) in [6.45, 7) is 1.02. The molecule has 1 amide bonds. The van der Waals surface area contributed by atoms with Crippen LogP contribution >= 0.6 is 0 Å². The van der Waals surface area contributed by atoms with Gasteiger partial charge in [0, 0.05) is 19.0 Å². The molecule has 4 nitrogen and oxygen atoms in total. The largest absolute Gasteiger partial charge is 0.393 e. The van der Waals surface area contributed by atoms with Gasteiger partial charge in [-0.05, 0) is 24.0 Å². The van der Waals surface area contributed by atoms with E-state index in [1.165, 1.54) is 0 Å². The number of amides is 1. The SMILES string of the molecule is NCc1ccccc1CC(=O)NCC1CCCCC1O. The van der Waals surface area contributed by atoms with Crippen LogP contribution < -0.4 is 11.1 Å². The third kappa shape index (κ3) is 4.05. The lowest BCUT2D eigenvalue weighted by molar-refractivity contribution is -0.120. The summed E-state index contributed by atoms with van der Waals surface area (Å²) in [5.41, 5.74) is 7.67. The molecule has 4 N–H and O–H groups in total. The van der Waals surface area contributed by atoms with E-state index < -0.39 is 0 Å². The fraction of sp³-hybridized carbons (Fsp3) is 0.562.